The van der Waals surface area contributed by atoms with Gasteiger partial charge in [0.05, 0.1) is 10.9 Å². The molecule has 2 aromatic carbocycles. The van der Waals surface area contributed by atoms with E-state index < -0.39 is 34.4 Å². The predicted molar refractivity (Wildman–Crippen MR) is 82.1 cm³/mol. The summed E-state index contributed by atoms with van der Waals surface area (Å²) in [5, 5.41) is 1.60. The predicted octanol–water partition coefficient (Wildman–Crippen LogP) is 4.50. The number of carbonyl (C=O) groups is 1. The number of thioether (sulfide) groups is 1. The third-order valence-electron chi connectivity index (χ3n) is 3.08. The maximum atomic E-state index is 13.5. The van der Waals surface area contributed by atoms with E-state index in [1.54, 1.807) is 0 Å². The van der Waals surface area contributed by atoms with Crippen LogP contribution in [0.25, 0.3) is 0 Å². The van der Waals surface area contributed by atoms with Crippen LogP contribution in [0.3, 0.4) is 0 Å². The summed E-state index contributed by atoms with van der Waals surface area (Å²) < 4.78 is 53.1. The second kappa shape index (κ2) is 7.50. The van der Waals surface area contributed by atoms with Crippen LogP contribution in [-0.2, 0) is 10.5 Å². The molecule has 0 saturated heterocycles. The van der Waals surface area contributed by atoms with Gasteiger partial charge in [0.1, 0.15) is 11.6 Å². The summed E-state index contributed by atoms with van der Waals surface area (Å²) in [4.78, 5) is 12.0. The van der Waals surface area contributed by atoms with E-state index in [1.807, 2.05) is 0 Å². The number of halogens is 4. The molecule has 1 unspecified atom stereocenters. The highest BCUT2D eigenvalue weighted by Gasteiger charge is 2.17. The minimum Gasteiger partial charge on any atom is -0.323 e. The third-order valence-corrected chi connectivity index (χ3v) is 4.27. The number of amides is 1. The number of benzene rings is 2. The highest BCUT2D eigenvalue weighted by atomic mass is 32.2. The third kappa shape index (κ3) is 4.48. The van der Waals surface area contributed by atoms with Crippen LogP contribution in [0.4, 0.5) is 23.2 Å². The van der Waals surface area contributed by atoms with E-state index in [4.69, 9.17) is 0 Å². The number of rotatable bonds is 5. The molecule has 0 radical (unpaired) electrons. The van der Waals surface area contributed by atoms with E-state index in [1.165, 1.54) is 19.1 Å². The Morgan fingerprint density at radius 3 is 2.61 bits per heavy atom. The van der Waals surface area contributed by atoms with Crippen LogP contribution in [0, 0.1) is 23.3 Å². The molecule has 2 aromatic rings. The quantitative estimate of drug-likeness (QED) is 0.810. The Morgan fingerprint density at radius 1 is 1.13 bits per heavy atom. The summed E-state index contributed by atoms with van der Waals surface area (Å²) >= 11 is 1.05. The van der Waals surface area contributed by atoms with Crippen molar-refractivity contribution >= 4 is 23.4 Å². The molecule has 0 spiro atoms. The number of nitrogens with one attached hydrogen (secondary N) is 1. The van der Waals surface area contributed by atoms with Gasteiger partial charge in [0.2, 0.25) is 5.91 Å². The fraction of sp³-hybridized carbons (Fsp3) is 0.188. The summed E-state index contributed by atoms with van der Waals surface area (Å²) in [5.74, 6) is -3.83. The van der Waals surface area contributed by atoms with E-state index >= 15 is 0 Å². The van der Waals surface area contributed by atoms with Crippen molar-refractivity contribution in [3.63, 3.8) is 0 Å². The molecule has 1 N–H and O–H groups in total. The largest absolute Gasteiger partial charge is 0.323 e. The maximum Gasteiger partial charge on any atom is 0.237 e. The van der Waals surface area contributed by atoms with E-state index in [9.17, 15) is 22.4 Å². The molecule has 0 aromatic heterocycles. The smallest absolute Gasteiger partial charge is 0.237 e. The topological polar surface area (TPSA) is 29.1 Å². The Hall–Kier alpha value is -2.02. The van der Waals surface area contributed by atoms with Crippen LogP contribution in [0.2, 0.25) is 0 Å². The van der Waals surface area contributed by atoms with Crippen molar-refractivity contribution in [2.24, 2.45) is 0 Å². The normalized spacial score (nSPS) is 12.0. The molecule has 2 nitrogen and oxygen atoms in total. The molecule has 2 rings (SSSR count). The summed E-state index contributed by atoms with van der Waals surface area (Å²) in [6, 6.07) is 6.52. The average Bonchev–Trinajstić information content (AvgIpc) is 2.52. The lowest BCUT2D eigenvalue weighted by molar-refractivity contribution is -0.115. The van der Waals surface area contributed by atoms with Gasteiger partial charge in [0.25, 0.3) is 0 Å². The number of hydrogen-bond donors (Lipinski definition) is 1. The standard InChI is InChI=1S/C16H13F4NOS/c1-9(23-8-10-3-2-4-13(19)15(10)20)16(22)21-14-7-11(17)5-6-12(14)18/h2-7,9H,8H2,1H3,(H,21,22). The molecule has 0 heterocycles. The van der Waals surface area contributed by atoms with Crippen molar-refractivity contribution in [2.45, 2.75) is 17.9 Å². The Balaban J connectivity index is 1.97. The second-order valence-electron chi connectivity index (χ2n) is 4.78. The van der Waals surface area contributed by atoms with Crippen LogP contribution in [-0.4, -0.2) is 11.2 Å². The van der Waals surface area contributed by atoms with E-state index in [-0.39, 0.29) is 17.0 Å². The Kier molecular flexibility index (Phi) is 5.65. The summed E-state index contributed by atoms with van der Waals surface area (Å²) in [5.41, 5.74) is -0.133. The van der Waals surface area contributed by atoms with Gasteiger partial charge in [0, 0.05) is 17.4 Å². The molecule has 23 heavy (non-hydrogen) atoms. The van der Waals surface area contributed by atoms with Crippen LogP contribution in [0.5, 0.6) is 0 Å². The lowest BCUT2D eigenvalue weighted by atomic mass is 10.2. The molecular weight excluding hydrogens is 330 g/mol. The molecule has 7 heteroatoms. The number of anilines is 1. The minimum absolute atomic E-state index is 0.0732. The Morgan fingerprint density at radius 2 is 1.87 bits per heavy atom. The molecule has 0 aliphatic rings. The zero-order chi connectivity index (χ0) is 17.0. The van der Waals surface area contributed by atoms with Crippen LogP contribution >= 0.6 is 11.8 Å². The Labute approximate surface area is 134 Å². The lowest BCUT2D eigenvalue weighted by Gasteiger charge is -2.13. The average molecular weight is 343 g/mol. The first-order chi connectivity index (χ1) is 10.9. The molecular formula is C16H13F4NOS. The summed E-state index contributed by atoms with van der Waals surface area (Å²) in [6.07, 6.45) is 0. The molecule has 0 aliphatic heterocycles. The van der Waals surface area contributed by atoms with Gasteiger partial charge < -0.3 is 5.32 Å². The molecule has 0 saturated carbocycles. The molecule has 1 amide bonds. The van der Waals surface area contributed by atoms with Gasteiger partial charge in [-0.3, -0.25) is 4.79 Å². The van der Waals surface area contributed by atoms with Crippen molar-refractivity contribution in [3.8, 4) is 0 Å². The fourth-order valence-electron chi connectivity index (χ4n) is 1.78. The van der Waals surface area contributed by atoms with E-state index in [2.05, 4.69) is 5.32 Å². The zero-order valence-electron chi connectivity index (χ0n) is 12.1. The highest BCUT2D eigenvalue weighted by Crippen LogP contribution is 2.23. The summed E-state index contributed by atoms with van der Waals surface area (Å²) in [7, 11) is 0. The van der Waals surface area contributed by atoms with E-state index in [0.29, 0.717) is 0 Å². The molecule has 0 fully saturated rings. The van der Waals surface area contributed by atoms with Gasteiger partial charge in [-0.1, -0.05) is 12.1 Å². The zero-order valence-corrected chi connectivity index (χ0v) is 12.9. The molecule has 1 atom stereocenters. The van der Waals surface area contributed by atoms with Crippen molar-refractivity contribution in [1.82, 2.24) is 0 Å². The van der Waals surface area contributed by atoms with Crippen molar-refractivity contribution in [3.05, 3.63) is 65.2 Å². The number of hydrogen-bond acceptors (Lipinski definition) is 2. The monoisotopic (exact) mass is 343 g/mol. The van der Waals surface area contributed by atoms with Crippen molar-refractivity contribution in [1.29, 1.82) is 0 Å². The maximum absolute atomic E-state index is 13.5. The lowest BCUT2D eigenvalue weighted by Crippen LogP contribution is -2.23. The number of carbonyl (C=O) groups excluding carboxylic acids is 1. The first-order valence-corrected chi connectivity index (χ1v) is 7.73. The van der Waals surface area contributed by atoms with Gasteiger partial charge in [-0.2, -0.15) is 0 Å². The minimum atomic E-state index is -0.956. The Bertz CT molecular complexity index is 723. The summed E-state index contributed by atoms with van der Waals surface area (Å²) in [6.45, 7) is 1.54. The van der Waals surface area contributed by atoms with Gasteiger partial charge in [-0.15, -0.1) is 11.8 Å². The van der Waals surface area contributed by atoms with Gasteiger partial charge in [0.15, 0.2) is 11.6 Å². The van der Waals surface area contributed by atoms with Gasteiger partial charge >= 0.3 is 0 Å². The first-order valence-electron chi connectivity index (χ1n) is 6.69. The van der Waals surface area contributed by atoms with Crippen LogP contribution in [0.15, 0.2) is 36.4 Å². The second-order valence-corrected chi connectivity index (χ2v) is 6.11. The van der Waals surface area contributed by atoms with Crippen LogP contribution < -0.4 is 5.32 Å². The first kappa shape index (κ1) is 17.3. The molecule has 0 aliphatic carbocycles. The SMILES string of the molecule is CC(SCc1cccc(F)c1F)C(=O)Nc1cc(F)ccc1F. The fourth-order valence-corrected chi connectivity index (χ4v) is 2.64. The van der Waals surface area contributed by atoms with E-state index in [0.717, 1.165) is 36.0 Å². The molecule has 0 bridgehead atoms. The van der Waals surface area contributed by atoms with Gasteiger partial charge in [-0.05, 0) is 25.1 Å². The van der Waals surface area contributed by atoms with Crippen molar-refractivity contribution in [2.75, 3.05) is 5.32 Å². The van der Waals surface area contributed by atoms with Gasteiger partial charge in [-0.25, -0.2) is 17.6 Å². The van der Waals surface area contributed by atoms with Crippen LogP contribution in [0.1, 0.15) is 12.5 Å². The van der Waals surface area contributed by atoms with Crippen molar-refractivity contribution < 1.29 is 22.4 Å². The highest BCUT2D eigenvalue weighted by molar-refractivity contribution is 7.99. The molecule has 122 valence electrons.